The predicted octanol–water partition coefficient (Wildman–Crippen LogP) is 8.52. The molecule has 1 aromatic carbocycles. The van der Waals surface area contributed by atoms with E-state index in [0.717, 1.165) is 32.1 Å². The minimum Gasteiger partial charge on any atom is -0.393 e. The quantitative estimate of drug-likeness (QED) is 0.406. The largest absolute Gasteiger partial charge is 0.393 e. The molecule has 2 rings (SSSR count). The zero-order chi connectivity index (χ0) is 22.2. The van der Waals surface area contributed by atoms with E-state index < -0.39 is 0 Å². The van der Waals surface area contributed by atoms with Crippen molar-refractivity contribution in [3.8, 4) is 0 Å². The van der Waals surface area contributed by atoms with Crippen LogP contribution in [0.15, 0.2) is 76.9 Å². The highest BCUT2D eigenvalue weighted by Crippen LogP contribution is 2.35. The van der Waals surface area contributed by atoms with Gasteiger partial charge in [0.15, 0.2) is 0 Å². The molecule has 0 aliphatic heterocycles. The summed E-state index contributed by atoms with van der Waals surface area (Å²) >= 11 is 0. The van der Waals surface area contributed by atoms with Crippen LogP contribution in [0.3, 0.4) is 0 Å². The molecule has 0 radical (unpaired) electrons. The fourth-order valence-electron chi connectivity index (χ4n) is 4.00. The summed E-state index contributed by atoms with van der Waals surface area (Å²) in [6.45, 7) is 10.5. The lowest BCUT2D eigenvalue weighted by molar-refractivity contribution is 0.167. The first-order valence-electron chi connectivity index (χ1n) is 12.1. The standard InChI is InChI=1S/C27H38O.C2H6/c1-4-6-9-17-24-21-25(28)19-20-26(22(3)5-2)27(24)18-13-8-12-16-23-14-10-7-11-15-23;1-2/h5-7,9-11,14-15,17,25,28H,4,8,12-13,16,18-21H2,1-3H3;1-2H3/b9-6-,22-5-,24-17+;. The molecule has 0 bridgehead atoms. The molecule has 0 saturated heterocycles. The van der Waals surface area contributed by atoms with Crippen LogP contribution in [-0.2, 0) is 6.42 Å². The molecule has 1 unspecified atom stereocenters. The Balaban J connectivity index is 0.00000218. The van der Waals surface area contributed by atoms with Crippen LogP contribution in [0.4, 0.5) is 0 Å². The molecule has 1 heteroatoms. The lowest BCUT2D eigenvalue weighted by atomic mass is 9.89. The molecule has 0 fully saturated rings. The maximum atomic E-state index is 10.4. The van der Waals surface area contributed by atoms with Gasteiger partial charge in [-0.3, -0.25) is 0 Å². The Bertz CT molecular complexity index is 703. The number of benzene rings is 1. The Morgan fingerprint density at radius 3 is 2.43 bits per heavy atom. The number of aryl methyl sites for hydroxylation is 1. The van der Waals surface area contributed by atoms with Crippen molar-refractivity contribution in [3.05, 3.63) is 82.5 Å². The SMILES string of the molecule is C/C=C(/C)C1=C(CCCCCc2ccccc2)/C(=C/C=C\CC)CC(O)CC1.CC. The Morgan fingerprint density at radius 1 is 1.07 bits per heavy atom. The highest BCUT2D eigenvalue weighted by Gasteiger charge is 2.20. The molecule has 1 atom stereocenters. The van der Waals surface area contributed by atoms with Gasteiger partial charge in [-0.1, -0.05) is 87.4 Å². The second-order valence-corrected chi connectivity index (χ2v) is 7.90. The van der Waals surface area contributed by atoms with Crippen LogP contribution in [0.5, 0.6) is 0 Å². The first-order chi connectivity index (χ1) is 14.7. The van der Waals surface area contributed by atoms with Gasteiger partial charge in [-0.05, 0) is 87.5 Å². The fourth-order valence-corrected chi connectivity index (χ4v) is 4.00. The topological polar surface area (TPSA) is 20.2 Å². The number of allylic oxidation sites excluding steroid dienone is 7. The zero-order valence-corrected chi connectivity index (χ0v) is 20.1. The number of rotatable bonds is 9. The lowest BCUT2D eigenvalue weighted by Crippen LogP contribution is -2.05. The van der Waals surface area contributed by atoms with Crippen LogP contribution in [0, 0.1) is 0 Å². The maximum absolute atomic E-state index is 10.4. The van der Waals surface area contributed by atoms with Crippen molar-refractivity contribution < 1.29 is 5.11 Å². The van der Waals surface area contributed by atoms with Crippen molar-refractivity contribution in [1.82, 2.24) is 0 Å². The highest BCUT2D eigenvalue weighted by molar-refractivity contribution is 5.46. The molecule has 0 spiro atoms. The van der Waals surface area contributed by atoms with Crippen molar-refractivity contribution in [3.63, 3.8) is 0 Å². The second-order valence-electron chi connectivity index (χ2n) is 7.90. The van der Waals surface area contributed by atoms with Gasteiger partial charge in [0.1, 0.15) is 0 Å². The summed E-state index contributed by atoms with van der Waals surface area (Å²) < 4.78 is 0. The van der Waals surface area contributed by atoms with Gasteiger partial charge < -0.3 is 5.11 Å². The molecule has 1 aliphatic carbocycles. The Morgan fingerprint density at radius 2 is 1.77 bits per heavy atom. The molecule has 0 aromatic heterocycles. The predicted molar refractivity (Wildman–Crippen MR) is 134 cm³/mol. The van der Waals surface area contributed by atoms with Gasteiger partial charge in [0.05, 0.1) is 6.10 Å². The summed E-state index contributed by atoms with van der Waals surface area (Å²) in [5.41, 5.74) is 7.12. The minimum atomic E-state index is -0.225. The first kappa shape index (κ1) is 26.2. The summed E-state index contributed by atoms with van der Waals surface area (Å²) in [7, 11) is 0. The third-order valence-electron chi connectivity index (χ3n) is 5.75. The molecule has 0 heterocycles. The van der Waals surface area contributed by atoms with Crippen LogP contribution in [0.2, 0.25) is 0 Å². The van der Waals surface area contributed by atoms with Gasteiger partial charge in [0.25, 0.3) is 0 Å². The van der Waals surface area contributed by atoms with Crippen molar-refractivity contribution in [2.75, 3.05) is 0 Å². The van der Waals surface area contributed by atoms with E-state index in [4.69, 9.17) is 0 Å². The molecule has 1 aromatic rings. The van der Waals surface area contributed by atoms with Crippen LogP contribution < -0.4 is 0 Å². The third-order valence-corrected chi connectivity index (χ3v) is 5.75. The summed E-state index contributed by atoms with van der Waals surface area (Å²) in [5.74, 6) is 0. The van der Waals surface area contributed by atoms with Gasteiger partial charge in [-0.15, -0.1) is 0 Å². The molecule has 0 amide bonds. The van der Waals surface area contributed by atoms with Crippen LogP contribution in [0.25, 0.3) is 0 Å². The van der Waals surface area contributed by atoms with E-state index in [1.165, 1.54) is 53.5 Å². The van der Waals surface area contributed by atoms with Crippen LogP contribution >= 0.6 is 0 Å². The third kappa shape index (κ3) is 9.30. The number of hydrogen-bond donors (Lipinski definition) is 1. The van der Waals surface area contributed by atoms with E-state index >= 15 is 0 Å². The fraction of sp³-hybridized carbons (Fsp3) is 0.517. The monoisotopic (exact) mass is 408 g/mol. The van der Waals surface area contributed by atoms with Gasteiger partial charge in [-0.25, -0.2) is 0 Å². The Labute approximate surface area is 186 Å². The van der Waals surface area contributed by atoms with Crippen molar-refractivity contribution in [2.24, 2.45) is 0 Å². The van der Waals surface area contributed by atoms with Crippen LogP contribution in [-0.4, -0.2) is 11.2 Å². The summed E-state index contributed by atoms with van der Waals surface area (Å²) in [4.78, 5) is 0. The number of unbranched alkanes of at least 4 members (excludes halogenated alkanes) is 2. The van der Waals surface area contributed by atoms with E-state index in [1.54, 1.807) is 0 Å². The van der Waals surface area contributed by atoms with Crippen molar-refractivity contribution in [2.45, 2.75) is 98.5 Å². The molecule has 0 saturated carbocycles. The molecule has 1 nitrogen and oxygen atoms in total. The molecule has 30 heavy (non-hydrogen) atoms. The molecule has 1 aliphatic rings. The second kappa shape index (κ2) is 15.9. The Kier molecular flexibility index (Phi) is 13.9. The van der Waals surface area contributed by atoms with Crippen LogP contribution in [0.1, 0.15) is 91.5 Å². The van der Waals surface area contributed by atoms with Gasteiger partial charge in [0.2, 0.25) is 0 Å². The van der Waals surface area contributed by atoms with E-state index in [0.29, 0.717) is 0 Å². The Hall–Kier alpha value is -1.86. The van der Waals surface area contributed by atoms with E-state index in [2.05, 4.69) is 75.4 Å². The zero-order valence-electron chi connectivity index (χ0n) is 20.1. The number of aliphatic hydroxyl groups excluding tert-OH is 1. The average Bonchev–Trinajstić information content (AvgIpc) is 2.94. The molecular weight excluding hydrogens is 364 g/mol. The smallest absolute Gasteiger partial charge is 0.0583 e. The normalized spacial score (nSPS) is 19.1. The first-order valence-corrected chi connectivity index (χ1v) is 12.1. The summed E-state index contributed by atoms with van der Waals surface area (Å²) in [6, 6.07) is 10.8. The van der Waals surface area contributed by atoms with Gasteiger partial charge >= 0.3 is 0 Å². The summed E-state index contributed by atoms with van der Waals surface area (Å²) in [5, 5.41) is 10.4. The maximum Gasteiger partial charge on any atom is 0.0583 e. The van der Waals surface area contributed by atoms with Crippen molar-refractivity contribution >= 4 is 0 Å². The van der Waals surface area contributed by atoms with Gasteiger partial charge in [0, 0.05) is 0 Å². The lowest BCUT2D eigenvalue weighted by Gasteiger charge is -2.16. The van der Waals surface area contributed by atoms with Gasteiger partial charge in [-0.2, -0.15) is 0 Å². The van der Waals surface area contributed by atoms with Crippen molar-refractivity contribution in [1.29, 1.82) is 0 Å². The highest BCUT2D eigenvalue weighted by atomic mass is 16.3. The minimum absolute atomic E-state index is 0.225. The molecule has 166 valence electrons. The van der Waals surface area contributed by atoms with E-state index in [9.17, 15) is 5.11 Å². The molecule has 1 N–H and O–H groups in total. The van der Waals surface area contributed by atoms with E-state index in [-0.39, 0.29) is 6.10 Å². The molecular formula is C29H44O. The summed E-state index contributed by atoms with van der Waals surface area (Å²) in [6.07, 6.45) is 18.3. The number of aliphatic hydroxyl groups is 1. The van der Waals surface area contributed by atoms with E-state index in [1.807, 2.05) is 13.8 Å². The average molecular weight is 409 g/mol. The number of hydrogen-bond acceptors (Lipinski definition) is 1.